The van der Waals surface area contributed by atoms with Crippen molar-refractivity contribution in [3.63, 3.8) is 0 Å². The van der Waals surface area contributed by atoms with E-state index < -0.39 is 0 Å². The smallest absolute Gasteiger partial charge is 0.0545 e. The molecule has 1 aromatic heterocycles. The van der Waals surface area contributed by atoms with E-state index in [-0.39, 0.29) is 6.10 Å². The van der Waals surface area contributed by atoms with Crippen LogP contribution in [0.2, 0.25) is 0 Å². The molecule has 0 amide bonds. The number of aliphatic hydroxyl groups excluding tert-OH is 1. The van der Waals surface area contributed by atoms with Crippen LogP contribution in [-0.2, 0) is 6.54 Å². The molecule has 2 unspecified atom stereocenters. The van der Waals surface area contributed by atoms with Crippen LogP contribution in [0.15, 0.2) is 24.5 Å². The van der Waals surface area contributed by atoms with Gasteiger partial charge in [-0.25, -0.2) is 0 Å². The SMILES string of the molecule is CN(Cc1ccncc1)C1C[C@H]2CC(O)C[C@H]2C1. The van der Waals surface area contributed by atoms with Gasteiger partial charge in [-0.2, -0.15) is 0 Å². The van der Waals surface area contributed by atoms with Gasteiger partial charge in [0.25, 0.3) is 0 Å². The zero-order valence-electron chi connectivity index (χ0n) is 11.0. The van der Waals surface area contributed by atoms with Crippen molar-refractivity contribution < 1.29 is 5.11 Å². The van der Waals surface area contributed by atoms with Gasteiger partial charge >= 0.3 is 0 Å². The summed E-state index contributed by atoms with van der Waals surface area (Å²) in [6.07, 6.45) is 8.30. The van der Waals surface area contributed by atoms with E-state index in [1.807, 2.05) is 12.4 Å². The number of aromatic nitrogens is 1. The molecule has 1 aromatic rings. The van der Waals surface area contributed by atoms with Gasteiger partial charge in [0, 0.05) is 25.0 Å². The van der Waals surface area contributed by atoms with E-state index in [1.54, 1.807) is 0 Å². The third-order valence-electron chi connectivity index (χ3n) is 4.77. The number of hydrogen-bond acceptors (Lipinski definition) is 3. The van der Waals surface area contributed by atoms with Crippen molar-refractivity contribution in [2.45, 2.75) is 44.4 Å². The third-order valence-corrected chi connectivity index (χ3v) is 4.77. The highest BCUT2D eigenvalue weighted by Gasteiger charge is 2.42. The molecule has 3 heteroatoms. The van der Waals surface area contributed by atoms with Crippen molar-refractivity contribution in [1.29, 1.82) is 0 Å². The zero-order chi connectivity index (χ0) is 12.5. The summed E-state index contributed by atoms with van der Waals surface area (Å²) < 4.78 is 0. The predicted molar refractivity (Wildman–Crippen MR) is 70.9 cm³/mol. The standard InChI is InChI=1S/C15H22N2O/c1-17(10-11-2-4-16-5-3-11)14-6-12-8-15(18)9-13(12)7-14/h2-5,12-15,18H,6-10H2,1H3/t12-,13+,14?,15?. The Kier molecular flexibility index (Phi) is 3.35. The first-order chi connectivity index (χ1) is 8.72. The molecule has 3 rings (SSSR count). The molecule has 98 valence electrons. The van der Waals surface area contributed by atoms with Crippen LogP contribution in [0.1, 0.15) is 31.2 Å². The third kappa shape index (κ3) is 2.43. The van der Waals surface area contributed by atoms with Crippen molar-refractivity contribution in [3.8, 4) is 0 Å². The first kappa shape index (κ1) is 12.1. The van der Waals surface area contributed by atoms with E-state index in [0.717, 1.165) is 31.2 Å². The monoisotopic (exact) mass is 246 g/mol. The van der Waals surface area contributed by atoms with E-state index in [0.29, 0.717) is 6.04 Å². The van der Waals surface area contributed by atoms with Crippen molar-refractivity contribution in [2.24, 2.45) is 11.8 Å². The maximum Gasteiger partial charge on any atom is 0.0545 e. The van der Waals surface area contributed by atoms with Crippen LogP contribution in [0, 0.1) is 11.8 Å². The molecule has 0 radical (unpaired) electrons. The average molecular weight is 246 g/mol. The van der Waals surface area contributed by atoms with Crippen LogP contribution in [0.25, 0.3) is 0 Å². The first-order valence-corrected chi connectivity index (χ1v) is 6.99. The quantitative estimate of drug-likeness (QED) is 0.887. The van der Waals surface area contributed by atoms with Gasteiger partial charge in [-0.3, -0.25) is 9.88 Å². The molecule has 2 saturated carbocycles. The summed E-state index contributed by atoms with van der Waals surface area (Å²) in [7, 11) is 2.22. The van der Waals surface area contributed by atoms with Crippen LogP contribution >= 0.6 is 0 Å². The Morgan fingerprint density at radius 1 is 1.17 bits per heavy atom. The summed E-state index contributed by atoms with van der Waals surface area (Å²) in [6, 6.07) is 4.88. The summed E-state index contributed by atoms with van der Waals surface area (Å²) in [5.41, 5.74) is 1.34. The molecule has 0 saturated heterocycles. The molecule has 1 N–H and O–H groups in total. The second-order valence-electron chi connectivity index (χ2n) is 6.04. The lowest BCUT2D eigenvalue weighted by Crippen LogP contribution is -2.29. The van der Waals surface area contributed by atoms with Gasteiger partial charge in [-0.15, -0.1) is 0 Å². The fraction of sp³-hybridized carbons (Fsp3) is 0.667. The number of pyridine rings is 1. The van der Waals surface area contributed by atoms with Gasteiger partial charge in [0.2, 0.25) is 0 Å². The highest BCUT2D eigenvalue weighted by molar-refractivity contribution is 5.09. The van der Waals surface area contributed by atoms with Gasteiger partial charge in [-0.1, -0.05) is 0 Å². The molecule has 0 aliphatic heterocycles. The summed E-state index contributed by atoms with van der Waals surface area (Å²) in [5.74, 6) is 1.54. The number of nitrogens with zero attached hydrogens (tertiary/aromatic N) is 2. The topological polar surface area (TPSA) is 36.4 Å². The van der Waals surface area contributed by atoms with Crippen LogP contribution in [0.4, 0.5) is 0 Å². The molecule has 4 atom stereocenters. The minimum atomic E-state index is -0.0218. The fourth-order valence-corrected chi connectivity index (χ4v) is 3.82. The largest absolute Gasteiger partial charge is 0.393 e. The summed E-state index contributed by atoms with van der Waals surface area (Å²) in [5, 5.41) is 9.67. The van der Waals surface area contributed by atoms with Gasteiger partial charge in [0.05, 0.1) is 6.10 Å². The highest BCUT2D eigenvalue weighted by Crippen LogP contribution is 2.45. The summed E-state index contributed by atoms with van der Waals surface area (Å²) in [4.78, 5) is 6.53. The van der Waals surface area contributed by atoms with Gasteiger partial charge in [-0.05, 0) is 62.3 Å². The molecule has 0 aromatic carbocycles. The molecule has 2 aliphatic carbocycles. The first-order valence-electron chi connectivity index (χ1n) is 6.99. The predicted octanol–water partition coefficient (Wildman–Crippen LogP) is 2.06. The normalized spacial score (nSPS) is 35.1. The molecule has 18 heavy (non-hydrogen) atoms. The molecular weight excluding hydrogens is 224 g/mol. The zero-order valence-corrected chi connectivity index (χ0v) is 11.0. The second-order valence-corrected chi connectivity index (χ2v) is 6.04. The Hall–Kier alpha value is -0.930. The maximum atomic E-state index is 9.67. The Morgan fingerprint density at radius 3 is 2.39 bits per heavy atom. The van der Waals surface area contributed by atoms with Crippen molar-refractivity contribution >= 4 is 0 Å². The van der Waals surface area contributed by atoms with E-state index in [4.69, 9.17) is 0 Å². The molecule has 2 fully saturated rings. The van der Waals surface area contributed by atoms with Crippen LogP contribution < -0.4 is 0 Å². The minimum absolute atomic E-state index is 0.0218. The number of rotatable bonds is 3. The Balaban J connectivity index is 1.57. The van der Waals surface area contributed by atoms with Crippen LogP contribution in [-0.4, -0.2) is 34.2 Å². The summed E-state index contributed by atoms with van der Waals surface area (Å²) in [6.45, 7) is 1.01. The van der Waals surface area contributed by atoms with Crippen molar-refractivity contribution in [1.82, 2.24) is 9.88 Å². The van der Waals surface area contributed by atoms with Gasteiger partial charge in [0.15, 0.2) is 0 Å². The van der Waals surface area contributed by atoms with Crippen LogP contribution in [0.5, 0.6) is 0 Å². The summed E-state index contributed by atoms with van der Waals surface area (Å²) >= 11 is 0. The fourth-order valence-electron chi connectivity index (χ4n) is 3.82. The van der Waals surface area contributed by atoms with E-state index in [9.17, 15) is 5.11 Å². The van der Waals surface area contributed by atoms with Crippen molar-refractivity contribution in [2.75, 3.05) is 7.05 Å². The Morgan fingerprint density at radius 2 is 1.78 bits per heavy atom. The Labute approximate surface area is 109 Å². The molecule has 1 heterocycles. The average Bonchev–Trinajstić information content (AvgIpc) is 2.87. The van der Waals surface area contributed by atoms with Crippen LogP contribution in [0.3, 0.4) is 0 Å². The van der Waals surface area contributed by atoms with E-state index in [2.05, 4.69) is 29.1 Å². The minimum Gasteiger partial charge on any atom is -0.393 e. The molecule has 0 spiro atoms. The lowest BCUT2D eigenvalue weighted by Gasteiger charge is -2.25. The molecule has 0 bridgehead atoms. The van der Waals surface area contributed by atoms with Gasteiger partial charge in [0.1, 0.15) is 0 Å². The Bertz CT molecular complexity index is 381. The van der Waals surface area contributed by atoms with E-state index in [1.165, 1.54) is 18.4 Å². The lowest BCUT2D eigenvalue weighted by atomic mass is 10.0. The maximum absolute atomic E-state index is 9.67. The lowest BCUT2D eigenvalue weighted by molar-refractivity contribution is 0.158. The van der Waals surface area contributed by atoms with E-state index >= 15 is 0 Å². The number of hydrogen-bond donors (Lipinski definition) is 1. The highest BCUT2D eigenvalue weighted by atomic mass is 16.3. The molecule has 2 aliphatic rings. The number of aliphatic hydroxyl groups is 1. The van der Waals surface area contributed by atoms with Gasteiger partial charge < -0.3 is 5.11 Å². The second kappa shape index (κ2) is 4.98. The molecular formula is C15H22N2O. The van der Waals surface area contributed by atoms with Crippen molar-refractivity contribution in [3.05, 3.63) is 30.1 Å². The number of fused-ring (bicyclic) bond motifs is 1. The molecule has 3 nitrogen and oxygen atoms in total.